The van der Waals surface area contributed by atoms with Crippen LogP contribution in [0.4, 0.5) is 15.3 Å². The monoisotopic (exact) mass is 743 g/mol. The molecule has 0 unspecified atom stereocenters. The van der Waals surface area contributed by atoms with Crippen molar-refractivity contribution in [1.29, 1.82) is 5.41 Å². The SMILES string of the molecule is CO/N=C(\C(=O)N[C@@H]1C(=O)N2C(C(=O)O)=C(C[n+]3ccc4n3CCN4Cc3c(F)cc(C(=N)N4CCCC4)cc3Cl)CS[C@H]12)c1csc(N)n1. The minimum Gasteiger partial charge on any atom is -0.477 e. The number of carbonyl (C=O) groups excluding carboxylic acids is 2. The van der Waals surface area contributed by atoms with E-state index in [1.807, 2.05) is 31.4 Å². The second kappa shape index (κ2) is 13.6. The summed E-state index contributed by atoms with van der Waals surface area (Å²) in [6.07, 6.45) is 3.84. The molecule has 15 nitrogen and oxygen atoms in total. The molecular weight excluding hydrogens is 711 g/mol. The number of nitrogens with one attached hydrogen (secondary N) is 2. The summed E-state index contributed by atoms with van der Waals surface area (Å²) in [6.45, 7) is 3.12. The lowest BCUT2D eigenvalue weighted by molar-refractivity contribution is -0.766. The molecule has 3 aromatic rings. The summed E-state index contributed by atoms with van der Waals surface area (Å²) in [6, 6.07) is 3.93. The minimum atomic E-state index is -1.25. The molecule has 6 heterocycles. The Hall–Kier alpha value is -4.68. The number of nitrogens with zero attached hydrogens (tertiary/aromatic N) is 7. The first-order chi connectivity index (χ1) is 24.0. The number of anilines is 2. The van der Waals surface area contributed by atoms with Crippen molar-refractivity contribution in [2.24, 2.45) is 5.16 Å². The quantitative estimate of drug-likeness (QED) is 0.0785. The van der Waals surface area contributed by atoms with Gasteiger partial charge >= 0.3 is 5.97 Å². The van der Waals surface area contributed by atoms with E-state index < -0.39 is 35.0 Å². The number of amides is 2. The molecule has 7 rings (SSSR count). The van der Waals surface area contributed by atoms with Crippen molar-refractivity contribution in [2.45, 2.75) is 43.9 Å². The summed E-state index contributed by atoms with van der Waals surface area (Å²) in [5, 5.41) is 26.5. The smallest absolute Gasteiger partial charge is 0.352 e. The number of β-lactam (4-membered cyclic amide) rings is 1. The number of carboxylic acid groups (broad SMARTS) is 1. The lowest BCUT2D eigenvalue weighted by Gasteiger charge is -2.49. The molecule has 4 aliphatic heterocycles. The molecule has 2 saturated heterocycles. The van der Waals surface area contributed by atoms with E-state index in [0.29, 0.717) is 35.5 Å². The number of carboxylic acids is 1. The van der Waals surface area contributed by atoms with Gasteiger partial charge in [-0.15, -0.1) is 32.5 Å². The van der Waals surface area contributed by atoms with E-state index in [1.165, 1.54) is 35.2 Å². The van der Waals surface area contributed by atoms with Gasteiger partial charge in [-0.2, -0.15) is 0 Å². The maximum absolute atomic E-state index is 15.4. The second-order valence-electron chi connectivity index (χ2n) is 12.1. The van der Waals surface area contributed by atoms with Gasteiger partial charge in [0.2, 0.25) is 0 Å². The van der Waals surface area contributed by atoms with E-state index in [-0.39, 0.29) is 46.2 Å². The summed E-state index contributed by atoms with van der Waals surface area (Å²) in [5.74, 6) is -1.58. The molecule has 0 aliphatic carbocycles. The maximum Gasteiger partial charge on any atom is 0.352 e. The predicted molar refractivity (Wildman–Crippen MR) is 184 cm³/mol. The normalized spacial score (nSPS) is 20.2. The van der Waals surface area contributed by atoms with Crippen molar-refractivity contribution >= 4 is 75.0 Å². The third-order valence-electron chi connectivity index (χ3n) is 9.11. The largest absolute Gasteiger partial charge is 0.477 e. The van der Waals surface area contributed by atoms with Crippen molar-refractivity contribution in [3.63, 3.8) is 0 Å². The molecule has 0 radical (unpaired) electrons. The van der Waals surface area contributed by atoms with Crippen LogP contribution in [0.25, 0.3) is 0 Å². The Bertz CT molecular complexity index is 1950. The number of rotatable bonds is 10. The summed E-state index contributed by atoms with van der Waals surface area (Å²) in [4.78, 5) is 52.9. The van der Waals surface area contributed by atoms with Crippen molar-refractivity contribution in [3.8, 4) is 0 Å². The Kier molecular flexibility index (Phi) is 9.17. The van der Waals surface area contributed by atoms with Crippen LogP contribution in [0, 0.1) is 11.2 Å². The van der Waals surface area contributed by atoms with Crippen LogP contribution in [0.3, 0.4) is 0 Å². The third kappa shape index (κ3) is 6.04. The number of benzene rings is 1. The number of fused-ring (bicyclic) bond motifs is 2. The second-order valence-corrected chi connectivity index (χ2v) is 14.5. The molecule has 0 saturated carbocycles. The number of aliphatic carboxylic acids is 1. The first-order valence-corrected chi connectivity index (χ1v) is 18.1. The molecular formula is C31H33ClFN10O5S2+. The number of carbonyl (C=O) groups is 3. The average Bonchev–Trinajstić information content (AvgIpc) is 3.91. The molecule has 0 spiro atoms. The molecule has 2 atom stereocenters. The summed E-state index contributed by atoms with van der Waals surface area (Å²) >= 11 is 9.05. The molecule has 0 bridgehead atoms. The molecule has 19 heteroatoms. The van der Waals surface area contributed by atoms with Crippen LogP contribution in [0.2, 0.25) is 5.02 Å². The number of halogens is 2. The summed E-state index contributed by atoms with van der Waals surface area (Å²) in [7, 11) is 1.27. The van der Waals surface area contributed by atoms with Crippen molar-refractivity contribution in [3.05, 3.63) is 68.7 Å². The van der Waals surface area contributed by atoms with Gasteiger partial charge in [-0.05, 0) is 25.0 Å². The number of aromatic nitrogens is 3. The molecule has 1 aromatic carbocycles. The maximum atomic E-state index is 15.4. The van der Waals surface area contributed by atoms with E-state index in [4.69, 9.17) is 27.6 Å². The van der Waals surface area contributed by atoms with Crippen molar-refractivity contribution in [2.75, 3.05) is 43.1 Å². The van der Waals surface area contributed by atoms with Crippen LogP contribution in [-0.4, -0.2) is 97.8 Å². The average molecular weight is 744 g/mol. The standard InChI is InChI=1S/C31H32ClFN10O5S2/c1-48-38-23(21-15-50-31(35)36-21)27(44)37-24-28(45)43-25(30(46)47)17(14-49-29(24)43)12-41-7-4-22-40(8-9-42(22)41)13-18-19(32)10-16(11-20(18)33)26(34)39-5-2-3-6-39/h4,7,10-11,15,24,29,34H,2-3,5-6,8-9,12-14H2,1H3,(H3-,35,36,37,44,46,47)/p+1/b34-26?,38-23-/t24-,29-/m1/s1. The van der Waals surface area contributed by atoms with Gasteiger partial charge in [0.25, 0.3) is 11.8 Å². The van der Waals surface area contributed by atoms with E-state index in [1.54, 1.807) is 6.07 Å². The molecule has 262 valence electrons. The highest BCUT2D eigenvalue weighted by Gasteiger charge is 2.55. The van der Waals surface area contributed by atoms with Crippen LogP contribution in [-0.2, 0) is 38.9 Å². The van der Waals surface area contributed by atoms with E-state index in [0.717, 1.165) is 43.1 Å². The molecule has 4 aliphatic rings. The summed E-state index contributed by atoms with van der Waals surface area (Å²) < 4.78 is 19.3. The number of thiazole rings is 1. The highest BCUT2D eigenvalue weighted by Crippen LogP contribution is 2.40. The summed E-state index contributed by atoms with van der Waals surface area (Å²) in [5.41, 5.74) is 6.94. The highest BCUT2D eigenvalue weighted by molar-refractivity contribution is 8.00. The number of hydrogen-bond donors (Lipinski definition) is 4. The number of likely N-dealkylation sites (tertiary alicyclic amines) is 1. The molecule has 50 heavy (non-hydrogen) atoms. The number of amidine groups is 1. The van der Waals surface area contributed by atoms with Crippen LogP contribution in [0.1, 0.15) is 29.7 Å². The zero-order valence-electron chi connectivity index (χ0n) is 26.8. The molecule has 2 fully saturated rings. The van der Waals surface area contributed by atoms with Crippen LogP contribution >= 0.6 is 34.7 Å². The first kappa shape index (κ1) is 33.8. The number of nitrogen functional groups attached to an aromatic ring is 1. The topological polar surface area (TPSA) is 186 Å². The van der Waals surface area contributed by atoms with Crippen molar-refractivity contribution in [1.82, 2.24) is 24.8 Å². The van der Waals surface area contributed by atoms with Gasteiger partial charge in [-0.25, -0.2) is 14.2 Å². The fourth-order valence-electron chi connectivity index (χ4n) is 6.70. The first-order valence-electron chi connectivity index (χ1n) is 15.7. The molecule has 2 aromatic heterocycles. The zero-order chi connectivity index (χ0) is 35.3. The Balaban J connectivity index is 1.05. The Morgan fingerprint density at radius 3 is 2.74 bits per heavy atom. The van der Waals surface area contributed by atoms with Gasteiger partial charge < -0.3 is 30.8 Å². The number of hydrogen-bond acceptors (Lipinski definition) is 11. The predicted octanol–water partition coefficient (Wildman–Crippen LogP) is 1.84. The van der Waals surface area contributed by atoms with Gasteiger partial charge in [-0.1, -0.05) is 16.8 Å². The van der Waals surface area contributed by atoms with Crippen molar-refractivity contribution < 1.29 is 33.4 Å². The zero-order valence-corrected chi connectivity index (χ0v) is 29.2. The highest BCUT2D eigenvalue weighted by atomic mass is 35.5. The van der Waals surface area contributed by atoms with Gasteiger partial charge in [-0.3, -0.25) is 19.9 Å². The number of nitrogens with two attached hydrogens (primary N) is 1. The lowest BCUT2D eigenvalue weighted by Crippen LogP contribution is -2.71. The lowest BCUT2D eigenvalue weighted by atomic mass is 10.0. The van der Waals surface area contributed by atoms with E-state index in [9.17, 15) is 19.5 Å². The fourth-order valence-corrected chi connectivity index (χ4v) is 8.85. The Labute approximate surface area is 298 Å². The van der Waals surface area contributed by atoms with Gasteiger partial charge in [0.1, 0.15) is 41.6 Å². The Morgan fingerprint density at radius 1 is 1.28 bits per heavy atom. The van der Waals surface area contributed by atoms with Crippen LogP contribution in [0.5, 0.6) is 0 Å². The van der Waals surface area contributed by atoms with E-state index in [2.05, 4.69) is 15.5 Å². The Morgan fingerprint density at radius 2 is 2.06 bits per heavy atom. The molecule has 5 N–H and O–H groups in total. The minimum absolute atomic E-state index is 0.117. The number of oxime groups is 1. The molecule has 2 amide bonds. The van der Waals surface area contributed by atoms with Crippen LogP contribution < -0.4 is 20.6 Å². The van der Waals surface area contributed by atoms with E-state index >= 15 is 4.39 Å². The van der Waals surface area contributed by atoms with Gasteiger partial charge in [0, 0.05) is 59.0 Å². The third-order valence-corrected chi connectivity index (χ3v) is 11.5. The van der Waals surface area contributed by atoms with Gasteiger partial charge in [0.15, 0.2) is 29.4 Å². The van der Waals surface area contributed by atoms with Crippen LogP contribution in [0.15, 0.2) is 46.2 Å². The fraction of sp³-hybridized carbons (Fsp3) is 0.387. The number of thioether (sulfide) groups is 1. The van der Waals surface area contributed by atoms with Gasteiger partial charge in [0.05, 0.1) is 12.6 Å².